The van der Waals surface area contributed by atoms with Crippen LogP contribution in [-0.2, 0) is 0 Å². The minimum atomic E-state index is -0.302. The Labute approximate surface area is 144 Å². The molecule has 0 amide bonds. The molecule has 2 aromatic heterocycles. The lowest BCUT2D eigenvalue weighted by Gasteiger charge is -2.06. The molecular weight excluding hydrogens is 375 g/mol. The topological polar surface area (TPSA) is 52.8 Å². The van der Waals surface area contributed by atoms with Gasteiger partial charge < -0.3 is 4.74 Å². The molecule has 2 heterocycles. The summed E-state index contributed by atoms with van der Waals surface area (Å²) in [6.07, 6.45) is 3.05. The lowest BCUT2D eigenvalue weighted by molar-refractivity contribution is 0.468. The summed E-state index contributed by atoms with van der Waals surface area (Å²) in [5, 5.41) is 4.99. The fourth-order valence-electron chi connectivity index (χ4n) is 2.29. The van der Waals surface area contributed by atoms with E-state index in [4.69, 9.17) is 4.74 Å². The number of benzene rings is 2. The van der Waals surface area contributed by atoms with E-state index in [2.05, 4.69) is 31.0 Å². The number of hydrogen-bond acceptors (Lipinski definition) is 4. The number of halogens is 2. The van der Waals surface area contributed by atoms with Crippen molar-refractivity contribution in [2.45, 2.75) is 0 Å². The molecule has 0 atom stereocenters. The number of aromatic nitrogens is 4. The van der Waals surface area contributed by atoms with E-state index in [-0.39, 0.29) is 5.82 Å². The highest BCUT2D eigenvalue weighted by atomic mass is 79.9. The van der Waals surface area contributed by atoms with Crippen molar-refractivity contribution in [3.8, 4) is 17.3 Å². The summed E-state index contributed by atoms with van der Waals surface area (Å²) in [5.74, 6) is 0.771. The molecule has 0 spiro atoms. The number of hydrogen-bond donors (Lipinski definition) is 0. The van der Waals surface area contributed by atoms with E-state index in [9.17, 15) is 4.39 Å². The first-order valence-electron chi connectivity index (χ1n) is 7.09. The van der Waals surface area contributed by atoms with Crippen molar-refractivity contribution >= 4 is 27.0 Å². The molecule has 2 aromatic carbocycles. The summed E-state index contributed by atoms with van der Waals surface area (Å²) in [4.78, 5) is 8.45. The standard InChI is InChI=1S/C17H10BrFN4O/c18-11-1-7-14(8-2-11)24-17-15-9-22-23(16(15)20-10-21-17)13-5-3-12(19)4-6-13/h1-10H. The van der Waals surface area contributed by atoms with E-state index >= 15 is 0 Å². The van der Waals surface area contributed by atoms with E-state index in [1.807, 2.05) is 24.3 Å². The highest BCUT2D eigenvalue weighted by Gasteiger charge is 2.13. The van der Waals surface area contributed by atoms with Gasteiger partial charge in [-0.1, -0.05) is 15.9 Å². The average molecular weight is 385 g/mol. The molecule has 0 N–H and O–H groups in total. The van der Waals surface area contributed by atoms with Crippen LogP contribution in [0, 0.1) is 5.82 Å². The lowest BCUT2D eigenvalue weighted by atomic mass is 10.3. The molecule has 118 valence electrons. The zero-order chi connectivity index (χ0) is 16.5. The zero-order valence-corrected chi connectivity index (χ0v) is 13.8. The van der Waals surface area contributed by atoms with Crippen LogP contribution in [0.4, 0.5) is 4.39 Å². The van der Waals surface area contributed by atoms with Gasteiger partial charge in [-0.05, 0) is 48.5 Å². The molecule has 0 saturated heterocycles. The van der Waals surface area contributed by atoms with Gasteiger partial charge >= 0.3 is 0 Å². The molecule has 0 fully saturated rings. The van der Waals surface area contributed by atoms with Gasteiger partial charge in [-0.3, -0.25) is 0 Å². The lowest BCUT2D eigenvalue weighted by Crippen LogP contribution is -1.98. The van der Waals surface area contributed by atoms with Crippen LogP contribution in [0.1, 0.15) is 0 Å². The molecular formula is C17H10BrFN4O. The van der Waals surface area contributed by atoms with Gasteiger partial charge in [-0.15, -0.1) is 0 Å². The van der Waals surface area contributed by atoms with Crippen molar-refractivity contribution in [2.75, 3.05) is 0 Å². The van der Waals surface area contributed by atoms with Crippen LogP contribution >= 0.6 is 15.9 Å². The summed E-state index contributed by atoms with van der Waals surface area (Å²) in [5.41, 5.74) is 1.29. The molecule has 5 nitrogen and oxygen atoms in total. The van der Waals surface area contributed by atoms with E-state index in [0.717, 1.165) is 4.47 Å². The fraction of sp³-hybridized carbons (Fsp3) is 0. The van der Waals surface area contributed by atoms with Gasteiger partial charge in [0.1, 0.15) is 23.3 Å². The van der Waals surface area contributed by atoms with Gasteiger partial charge in [-0.2, -0.15) is 5.10 Å². The van der Waals surface area contributed by atoms with Crippen LogP contribution in [0.3, 0.4) is 0 Å². The first kappa shape index (κ1) is 14.8. The maximum Gasteiger partial charge on any atom is 0.233 e. The van der Waals surface area contributed by atoms with E-state index in [1.54, 1.807) is 23.0 Å². The monoisotopic (exact) mass is 384 g/mol. The number of nitrogens with zero attached hydrogens (tertiary/aromatic N) is 4. The van der Waals surface area contributed by atoms with Gasteiger partial charge in [0.25, 0.3) is 0 Å². The molecule has 0 unspecified atom stereocenters. The van der Waals surface area contributed by atoms with Crippen LogP contribution in [0.25, 0.3) is 16.7 Å². The van der Waals surface area contributed by atoms with Crippen molar-refractivity contribution in [3.63, 3.8) is 0 Å². The van der Waals surface area contributed by atoms with Gasteiger partial charge in [-0.25, -0.2) is 19.0 Å². The third kappa shape index (κ3) is 2.74. The smallest absolute Gasteiger partial charge is 0.233 e. The van der Waals surface area contributed by atoms with E-state index in [0.29, 0.717) is 28.4 Å². The summed E-state index contributed by atoms with van der Waals surface area (Å²) in [6, 6.07) is 13.5. The van der Waals surface area contributed by atoms with Crippen molar-refractivity contribution in [3.05, 3.63) is 71.3 Å². The molecule has 4 aromatic rings. The van der Waals surface area contributed by atoms with Gasteiger partial charge in [0.2, 0.25) is 5.88 Å². The Kier molecular flexibility index (Phi) is 3.70. The van der Waals surface area contributed by atoms with Gasteiger partial charge in [0.15, 0.2) is 5.65 Å². The molecule has 0 aliphatic heterocycles. The summed E-state index contributed by atoms with van der Waals surface area (Å²) >= 11 is 3.38. The molecule has 0 aliphatic rings. The third-order valence-electron chi connectivity index (χ3n) is 3.43. The van der Waals surface area contributed by atoms with Crippen molar-refractivity contribution < 1.29 is 9.13 Å². The second-order valence-electron chi connectivity index (χ2n) is 5.00. The SMILES string of the molecule is Fc1ccc(-n2ncc3c(Oc4ccc(Br)cc4)ncnc32)cc1. The minimum Gasteiger partial charge on any atom is -0.438 e. The minimum absolute atomic E-state index is 0.302. The van der Waals surface area contributed by atoms with Gasteiger partial charge in [0.05, 0.1) is 11.9 Å². The highest BCUT2D eigenvalue weighted by Crippen LogP contribution is 2.28. The molecule has 0 bridgehead atoms. The van der Waals surface area contributed by atoms with E-state index < -0.39 is 0 Å². The maximum absolute atomic E-state index is 13.1. The number of ether oxygens (including phenoxy) is 1. The molecule has 7 heteroatoms. The third-order valence-corrected chi connectivity index (χ3v) is 3.96. The Morgan fingerprint density at radius 2 is 1.71 bits per heavy atom. The van der Waals surface area contributed by atoms with Crippen LogP contribution < -0.4 is 4.74 Å². The first-order chi connectivity index (χ1) is 11.7. The second-order valence-corrected chi connectivity index (χ2v) is 5.92. The highest BCUT2D eigenvalue weighted by molar-refractivity contribution is 9.10. The Hall–Kier alpha value is -2.80. The molecule has 0 aliphatic carbocycles. The quantitative estimate of drug-likeness (QED) is 0.521. The Morgan fingerprint density at radius 3 is 2.46 bits per heavy atom. The molecule has 24 heavy (non-hydrogen) atoms. The Morgan fingerprint density at radius 1 is 0.958 bits per heavy atom. The number of fused-ring (bicyclic) bond motifs is 1. The molecule has 4 rings (SSSR count). The largest absolute Gasteiger partial charge is 0.438 e. The maximum atomic E-state index is 13.1. The fourth-order valence-corrected chi connectivity index (χ4v) is 2.55. The predicted molar refractivity (Wildman–Crippen MR) is 90.8 cm³/mol. The van der Waals surface area contributed by atoms with Gasteiger partial charge in [0, 0.05) is 4.47 Å². The zero-order valence-electron chi connectivity index (χ0n) is 12.2. The van der Waals surface area contributed by atoms with Crippen LogP contribution in [0.5, 0.6) is 11.6 Å². The molecule has 0 saturated carbocycles. The normalized spacial score (nSPS) is 10.9. The summed E-state index contributed by atoms with van der Waals surface area (Å²) in [6.45, 7) is 0. The van der Waals surface area contributed by atoms with Crippen molar-refractivity contribution in [2.24, 2.45) is 0 Å². The predicted octanol–water partition coefficient (Wildman–Crippen LogP) is 4.51. The van der Waals surface area contributed by atoms with Crippen LogP contribution in [0.15, 0.2) is 65.5 Å². The Balaban J connectivity index is 1.76. The van der Waals surface area contributed by atoms with Crippen molar-refractivity contribution in [1.29, 1.82) is 0 Å². The first-order valence-corrected chi connectivity index (χ1v) is 7.88. The average Bonchev–Trinajstić information content (AvgIpc) is 3.03. The van der Waals surface area contributed by atoms with E-state index in [1.165, 1.54) is 18.5 Å². The number of rotatable bonds is 3. The summed E-state index contributed by atoms with van der Waals surface area (Å²) < 4.78 is 21.5. The van der Waals surface area contributed by atoms with Crippen molar-refractivity contribution in [1.82, 2.24) is 19.7 Å². The summed E-state index contributed by atoms with van der Waals surface area (Å²) in [7, 11) is 0. The second kappa shape index (κ2) is 6.01. The van der Waals surface area contributed by atoms with Crippen LogP contribution in [0.2, 0.25) is 0 Å². The van der Waals surface area contributed by atoms with Crippen LogP contribution in [-0.4, -0.2) is 19.7 Å². The molecule has 0 radical (unpaired) electrons. The Bertz CT molecular complexity index is 999.